The Kier molecular flexibility index (Phi) is 6.53. The Morgan fingerprint density at radius 2 is 2.00 bits per heavy atom. The molecule has 1 aromatic heterocycles. The topological polar surface area (TPSA) is 51.2 Å². The first-order valence-corrected chi connectivity index (χ1v) is 10.4. The van der Waals surface area contributed by atoms with Gasteiger partial charge in [-0.3, -0.25) is 14.7 Å². The maximum absolute atomic E-state index is 11.5. The molecule has 0 spiro atoms. The number of nitrogens with one attached hydrogen (secondary N) is 1. The van der Waals surface area contributed by atoms with Crippen molar-refractivity contribution in [3.63, 3.8) is 0 Å². The van der Waals surface area contributed by atoms with Gasteiger partial charge < -0.3 is 15.1 Å². The maximum Gasteiger partial charge on any atom is 0.219 e. The van der Waals surface area contributed by atoms with Crippen LogP contribution in [0.1, 0.15) is 30.7 Å². The molecule has 6 nitrogen and oxygen atoms in total. The molecular formula is C19H31N5OS. The van der Waals surface area contributed by atoms with E-state index in [1.54, 1.807) is 6.92 Å². The van der Waals surface area contributed by atoms with Crippen LogP contribution in [-0.2, 0) is 4.79 Å². The van der Waals surface area contributed by atoms with Crippen molar-refractivity contribution in [2.75, 3.05) is 53.4 Å². The number of nitrogens with zero attached hydrogens (tertiary/aromatic N) is 4. The molecule has 144 valence electrons. The van der Waals surface area contributed by atoms with Gasteiger partial charge in [-0.2, -0.15) is 0 Å². The molecule has 3 rings (SSSR count). The number of hydrogen-bond acceptors (Lipinski definition) is 4. The van der Waals surface area contributed by atoms with Crippen LogP contribution in [0.5, 0.6) is 0 Å². The van der Waals surface area contributed by atoms with Crippen molar-refractivity contribution in [2.45, 2.75) is 25.8 Å². The molecule has 1 amide bonds. The highest BCUT2D eigenvalue weighted by atomic mass is 32.1. The van der Waals surface area contributed by atoms with Gasteiger partial charge >= 0.3 is 0 Å². The third-order valence-electron chi connectivity index (χ3n) is 5.60. The van der Waals surface area contributed by atoms with E-state index in [1.165, 1.54) is 24.3 Å². The highest BCUT2D eigenvalue weighted by Gasteiger charge is 2.31. The maximum atomic E-state index is 11.5. The Labute approximate surface area is 160 Å². The average Bonchev–Trinajstić information content (AvgIpc) is 3.17. The van der Waals surface area contributed by atoms with Crippen LogP contribution in [0.3, 0.4) is 0 Å². The molecule has 1 aromatic rings. The molecular weight excluding hydrogens is 346 g/mol. The van der Waals surface area contributed by atoms with E-state index in [2.05, 4.69) is 44.7 Å². The predicted octanol–water partition coefficient (Wildman–Crippen LogP) is 1.87. The summed E-state index contributed by atoms with van der Waals surface area (Å²) in [6.07, 6.45) is 2.50. The number of guanidine groups is 1. The molecule has 7 heteroatoms. The van der Waals surface area contributed by atoms with Crippen LogP contribution in [-0.4, -0.2) is 79.9 Å². The Morgan fingerprint density at radius 1 is 1.27 bits per heavy atom. The van der Waals surface area contributed by atoms with E-state index in [0.717, 1.165) is 38.7 Å². The summed E-state index contributed by atoms with van der Waals surface area (Å²) >= 11 is 1.86. The summed E-state index contributed by atoms with van der Waals surface area (Å²) in [7, 11) is 4.09. The molecule has 2 aliphatic rings. The van der Waals surface area contributed by atoms with Gasteiger partial charge in [0, 0.05) is 57.6 Å². The minimum atomic E-state index is 0.164. The van der Waals surface area contributed by atoms with Gasteiger partial charge in [-0.05, 0) is 43.8 Å². The molecule has 1 N–H and O–H groups in total. The number of piperidine rings is 1. The van der Waals surface area contributed by atoms with Crippen LogP contribution >= 0.6 is 11.3 Å². The zero-order chi connectivity index (χ0) is 18.5. The zero-order valence-corrected chi connectivity index (χ0v) is 17.0. The fraction of sp³-hybridized carbons (Fsp3) is 0.684. The van der Waals surface area contributed by atoms with E-state index in [9.17, 15) is 4.79 Å². The standard InChI is InChI=1S/C19H31N5OS/c1-15(25)23-9-11-24(12-10-23)19(20-2)21-14-16-6-4-8-22(3)18(16)17-7-5-13-26-17/h5,7,13,16,18H,4,6,8-12,14H2,1-3H3,(H,20,21). The van der Waals surface area contributed by atoms with Crippen molar-refractivity contribution in [3.8, 4) is 0 Å². The van der Waals surface area contributed by atoms with Gasteiger partial charge in [0.15, 0.2) is 5.96 Å². The molecule has 2 saturated heterocycles. The summed E-state index contributed by atoms with van der Waals surface area (Å²) in [6.45, 7) is 7.00. The van der Waals surface area contributed by atoms with Crippen molar-refractivity contribution in [1.82, 2.24) is 20.0 Å². The van der Waals surface area contributed by atoms with Gasteiger partial charge in [0.1, 0.15) is 0 Å². The quantitative estimate of drug-likeness (QED) is 0.645. The van der Waals surface area contributed by atoms with E-state index in [1.807, 2.05) is 23.3 Å². The second-order valence-electron chi connectivity index (χ2n) is 7.26. The van der Waals surface area contributed by atoms with E-state index < -0.39 is 0 Å². The number of aliphatic imine (C=N–C) groups is 1. The van der Waals surface area contributed by atoms with Gasteiger partial charge in [-0.25, -0.2) is 0 Å². The number of likely N-dealkylation sites (tertiary alicyclic amines) is 1. The van der Waals surface area contributed by atoms with E-state index in [-0.39, 0.29) is 5.91 Å². The molecule has 0 bridgehead atoms. The smallest absolute Gasteiger partial charge is 0.219 e. The van der Waals surface area contributed by atoms with Gasteiger partial charge in [-0.15, -0.1) is 11.3 Å². The molecule has 2 aliphatic heterocycles. The molecule has 0 aromatic carbocycles. The van der Waals surface area contributed by atoms with E-state index >= 15 is 0 Å². The fourth-order valence-electron chi connectivity index (χ4n) is 4.17. The number of carbonyl (C=O) groups excluding carboxylic acids is 1. The Hall–Kier alpha value is -1.60. The normalized spacial score (nSPS) is 25.4. The molecule has 2 unspecified atom stereocenters. The molecule has 2 fully saturated rings. The second-order valence-corrected chi connectivity index (χ2v) is 8.24. The Balaban J connectivity index is 1.58. The number of amides is 1. The van der Waals surface area contributed by atoms with Crippen LogP contribution in [0.4, 0.5) is 0 Å². The first-order valence-electron chi connectivity index (χ1n) is 9.55. The molecule has 2 atom stereocenters. The lowest BCUT2D eigenvalue weighted by Gasteiger charge is -2.40. The van der Waals surface area contributed by atoms with Gasteiger partial charge in [0.05, 0.1) is 0 Å². The lowest BCUT2D eigenvalue weighted by Crippen LogP contribution is -2.54. The molecule has 0 radical (unpaired) electrons. The van der Waals surface area contributed by atoms with Crippen LogP contribution in [0, 0.1) is 5.92 Å². The summed E-state index contributed by atoms with van der Waals surface area (Å²) in [4.78, 5) is 24.1. The van der Waals surface area contributed by atoms with Crippen LogP contribution in [0.15, 0.2) is 22.5 Å². The lowest BCUT2D eigenvalue weighted by atomic mass is 9.88. The first-order chi connectivity index (χ1) is 12.6. The van der Waals surface area contributed by atoms with Crippen molar-refractivity contribution in [3.05, 3.63) is 22.4 Å². The number of hydrogen-bond donors (Lipinski definition) is 1. The van der Waals surface area contributed by atoms with Crippen LogP contribution < -0.4 is 5.32 Å². The third kappa shape index (κ3) is 4.38. The highest BCUT2D eigenvalue weighted by Crippen LogP contribution is 2.36. The first kappa shape index (κ1) is 19.2. The zero-order valence-electron chi connectivity index (χ0n) is 16.1. The van der Waals surface area contributed by atoms with Crippen LogP contribution in [0.25, 0.3) is 0 Å². The molecule has 0 aliphatic carbocycles. The fourth-order valence-corrected chi connectivity index (χ4v) is 5.15. The molecule has 26 heavy (non-hydrogen) atoms. The summed E-state index contributed by atoms with van der Waals surface area (Å²) < 4.78 is 0. The van der Waals surface area contributed by atoms with Gasteiger partial charge in [0.25, 0.3) is 0 Å². The number of thiophene rings is 1. The largest absolute Gasteiger partial charge is 0.356 e. The SMILES string of the molecule is CN=C(NCC1CCCN(C)C1c1cccs1)N1CCN(C(C)=O)CC1. The summed E-state index contributed by atoms with van der Waals surface area (Å²) in [5.41, 5.74) is 0. The van der Waals surface area contributed by atoms with Crippen molar-refractivity contribution >= 4 is 23.2 Å². The van der Waals surface area contributed by atoms with Crippen molar-refractivity contribution < 1.29 is 4.79 Å². The third-order valence-corrected chi connectivity index (χ3v) is 6.54. The minimum Gasteiger partial charge on any atom is -0.356 e. The monoisotopic (exact) mass is 377 g/mol. The summed E-state index contributed by atoms with van der Waals surface area (Å²) in [5.74, 6) is 1.71. The summed E-state index contributed by atoms with van der Waals surface area (Å²) in [6, 6.07) is 4.91. The summed E-state index contributed by atoms with van der Waals surface area (Å²) in [5, 5.41) is 5.79. The van der Waals surface area contributed by atoms with Crippen molar-refractivity contribution in [1.29, 1.82) is 0 Å². The van der Waals surface area contributed by atoms with Gasteiger partial charge in [0.2, 0.25) is 5.91 Å². The Morgan fingerprint density at radius 3 is 2.62 bits per heavy atom. The number of carbonyl (C=O) groups is 1. The van der Waals surface area contributed by atoms with Crippen molar-refractivity contribution in [2.24, 2.45) is 10.9 Å². The second kappa shape index (κ2) is 8.86. The highest BCUT2D eigenvalue weighted by molar-refractivity contribution is 7.10. The predicted molar refractivity (Wildman–Crippen MR) is 108 cm³/mol. The van der Waals surface area contributed by atoms with E-state index in [0.29, 0.717) is 12.0 Å². The Bertz CT molecular complexity index is 609. The number of piperazine rings is 1. The number of rotatable bonds is 3. The van der Waals surface area contributed by atoms with Gasteiger partial charge in [-0.1, -0.05) is 6.07 Å². The minimum absolute atomic E-state index is 0.164. The molecule has 0 saturated carbocycles. The van der Waals surface area contributed by atoms with E-state index in [4.69, 9.17) is 0 Å². The average molecular weight is 378 g/mol. The molecule has 3 heterocycles. The van der Waals surface area contributed by atoms with Crippen LogP contribution in [0.2, 0.25) is 0 Å². The lowest BCUT2D eigenvalue weighted by molar-refractivity contribution is -0.130.